The van der Waals surface area contributed by atoms with Gasteiger partial charge in [-0.1, -0.05) is 12.1 Å². The largest absolute Gasteiger partial charge is 0.463 e. The zero-order valence-electron chi connectivity index (χ0n) is 23.1. The van der Waals surface area contributed by atoms with Gasteiger partial charge in [-0.2, -0.15) is 9.78 Å². The molecule has 2 aliphatic heterocycles. The van der Waals surface area contributed by atoms with Gasteiger partial charge in [0.25, 0.3) is 0 Å². The molecule has 0 unspecified atom stereocenters. The van der Waals surface area contributed by atoms with Crippen molar-refractivity contribution in [3.05, 3.63) is 106 Å². The number of aromatic nitrogens is 4. The van der Waals surface area contributed by atoms with Crippen molar-refractivity contribution in [1.29, 1.82) is 0 Å². The molecular formula is C32H28N6O5. The molecule has 216 valence electrons. The molecule has 5 heterocycles. The Morgan fingerprint density at radius 1 is 1.00 bits per heavy atom. The number of anilines is 2. The van der Waals surface area contributed by atoms with E-state index in [0.717, 1.165) is 74.2 Å². The van der Waals surface area contributed by atoms with Crippen molar-refractivity contribution in [1.82, 2.24) is 19.7 Å². The molecule has 11 nitrogen and oxygen atoms in total. The highest BCUT2D eigenvalue weighted by atomic mass is 16.5. The lowest BCUT2D eigenvalue weighted by molar-refractivity contribution is 0.122. The molecule has 0 bridgehead atoms. The molecule has 0 atom stereocenters. The second kappa shape index (κ2) is 11.1. The van der Waals surface area contributed by atoms with E-state index in [4.69, 9.17) is 14.6 Å². The molecular weight excluding hydrogens is 548 g/mol. The third-order valence-electron chi connectivity index (χ3n) is 7.65. The molecule has 2 aliphatic rings. The smallest absolute Gasteiger partial charge is 0.432 e. The van der Waals surface area contributed by atoms with Crippen molar-refractivity contribution in [3.63, 3.8) is 0 Å². The summed E-state index contributed by atoms with van der Waals surface area (Å²) in [5.74, 6) is 1.52. The molecule has 1 saturated heterocycles. The molecule has 0 spiro atoms. The summed E-state index contributed by atoms with van der Waals surface area (Å²) in [6, 6.07) is 17.6. The number of H-pyrrole nitrogens is 1. The van der Waals surface area contributed by atoms with Gasteiger partial charge in [0.05, 0.1) is 25.1 Å². The molecule has 0 aliphatic carbocycles. The topological polar surface area (TPSA) is 135 Å². The summed E-state index contributed by atoms with van der Waals surface area (Å²) >= 11 is 0. The van der Waals surface area contributed by atoms with Gasteiger partial charge in [0.15, 0.2) is 0 Å². The number of para-hydroxylation sites is 1. The number of nitrogens with one attached hydrogen (secondary N) is 2. The zero-order chi connectivity index (χ0) is 29.3. The van der Waals surface area contributed by atoms with E-state index < -0.39 is 6.09 Å². The lowest BCUT2D eigenvalue weighted by atomic mass is 9.96. The Hall–Kier alpha value is -5.42. The summed E-state index contributed by atoms with van der Waals surface area (Å²) in [7, 11) is 0. The van der Waals surface area contributed by atoms with E-state index in [1.807, 2.05) is 36.4 Å². The minimum Gasteiger partial charge on any atom is -0.463 e. The van der Waals surface area contributed by atoms with Crippen LogP contribution in [0.4, 0.5) is 16.2 Å². The molecule has 0 radical (unpaired) electrons. The number of nitrogens with zero attached hydrogens (tertiary/aromatic N) is 4. The van der Waals surface area contributed by atoms with Gasteiger partial charge >= 0.3 is 6.09 Å². The van der Waals surface area contributed by atoms with E-state index in [1.165, 1.54) is 12.4 Å². The number of hydrogen-bond acceptors (Lipinski definition) is 8. The Kier molecular flexibility index (Phi) is 6.84. The Labute approximate surface area is 246 Å². The molecule has 3 N–H and O–H groups in total. The van der Waals surface area contributed by atoms with Gasteiger partial charge in [-0.3, -0.25) is 9.78 Å². The van der Waals surface area contributed by atoms with Crippen molar-refractivity contribution in [2.75, 3.05) is 36.5 Å². The highest BCUT2D eigenvalue weighted by Crippen LogP contribution is 2.43. The summed E-state index contributed by atoms with van der Waals surface area (Å²) in [5.41, 5.74) is 7.73. The first-order valence-corrected chi connectivity index (χ1v) is 14.0. The Morgan fingerprint density at radius 3 is 2.72 bits per heavy atom. The fraction of sp³-hybridized carbons (Fsp3) is 0.188. The summed E-state index contributed by atoms with van der Waals surface area (Å²) in [5, 5.41) is 16.4. The Bertz CT molecular complexity index is 1890. The van der Waals surface area contributed by atoms with Gasteiger partial charge < -0.3 is 29.8 Å². The molecule has 0 amide bonds. The number of pyridine rings is 2. The molecule has 11 heteroatoms. The second-order valence-electron chi connectivity index (χ2n) is 10.5. The predicted molar refractivity (Wildman–Crippen MR) is 161 cm³/mol. The first-order chi connectivity index (χ1) is 21.0. The number of carbonyl (C=O) groups is 1. The molecule has 43 heavy (non-hydrogen) atoms. The van der Waals surface area contributed by atoms with E-state index in [2.05, 4.69) is 37.4 Å². The molecule has 2 aromatic carbocycles. The first kappa shape index (κ1) is 26.5. The van der Waals surface area contributed by atoms with Crippen molar-refractivity contribution in [2.45, 2.75) is 13.0 Å². The van der Waals surface area contributed by atoms with E-state index in [9.17, 15) is 9.59 Å². The van der Waals surface area contributed by atoms with Crippen LogP contribution >= 0.6 is 0 Å². The first-order valence-electron chi connectivity index (χ1n) is 14.0. The molecule has 7 rings (SSSR count). The zero-order valence-corrected chi connectivity index (χ0v) is 23.1. The van der Waals surface area contributed by atoms with Crippen molar-refractivity contribution in [3.8, 4) is 33.9 Å². The van der Waals surface area contributed by atoms with Gasteiger partial charge in [0.1, 0.15) is 11.5 Å². The Balaban J connectivity index is 1.09. The van der Waals surface area contributed by atoms with Crippen LogP contribution in [0.15, 0.2) is 84.2 Å². The number of hydrogen-bond donors (Lipinski definition) is 3. The lowest BCUT2D eigenvalue weighted by Gasteiger charge is -2.29. The summed E-state index contributed by atoms with van der Waals surface area (Å²) < 4.78 is 12.8. The average Bonchev–Trinajstić information content (AvgIpc) is 3.54. The van der Waals surface area contributed by atoms with E-state index >= 15 is 0 Å². The quantitative estimate of drug-likeness (QED) is 0.251. The van der Waals surface area contributed by atoms with Crippen LogP contribution in [-0.2, 0) is 17.7 Å². The maximum absolute atomic E-state index is 12.6. The van der Waals surface area contributed by atoms with E-state index in [-0.39, 0.29) is 5.56 Å². The van der Waals surface area contributed by atoms with Crippen LogP contribution in [0.1, 0.15) is 16.7 Å². The van der Waals surface area contributed by atoms with Gasteiger partial charge in [-0.25, -0.2) is 4.79 Å². The van der Waals surface area contributed by atoms with Crippen LogP contribution in [0, 0.1) is 0 Å². The summed E-state index contributed by atoms with van der Waals surface area (Å²) in [6.07, 6.45) is 5.97. The van der Waals surface area contributed by atoms with Crippen LogP contribution < -0.4 is 20.5 Å². The maximum Gasteiger partial charge on any atom is 0.432 e. The number of ether oxygens (including phenoxy) is 2. The number of aromatic amines is 1. The fourth-order valence-corrected chi connectivity index (χ4v) is 5.50. The number of carboxylic acid groups (broad SMARTS) is 1. The Morgan fingerprint density at radius 2 is 1.88 bits per heavy atom. The van der Waals surface area contributed by atoms with E-state index in [0.29, 0.717) is 31.7 Å². The van der Waals surface area contributed by atoms with Gasteiger partial charge in [0.2, 0.25) is 5.56 Å². The van der Waals surface area contributed by atoms with E-state index in [1.54, 1.807) is 18.5 Å². The monoisotopic (exact) mass is 576 g/mol. The SMILES string of the molecule is O=C(O)n1cc(-c2cncc(CNc3ccc4c(c3)Cc3cccc(-c5cc(N6CCOCC6)cc(=O)[nH]5)c3O4)c2)cn1. The molecule has 3 aromatic heterocycles. The fourth-order valence-electron chi connectivity index (χ4n) is 5.50. The highest BCUT2D eigenvalue weighted by molar-refractivity contribution is 5.74. The molecule has 5 aromatic rings. The van der Waals surface area contributed by atoms with Gasteiger partial charge in [0, 0.05) is 84.3 Å². The van der Waals surface area contributed by atoms with Crippen LogP contribution in [0.3, 0.4) is 0 Å². The van der Waals surface area contributed by atoms with Crippen LogP contribution in [0.2, 0.25) is 0 Å². The highest BCUT2D eigenvalue weighted by Gasteiger charge is 2.22. The summed E-state index contributed by atoms with van der Waals surface area (Å²) in [6.45, 7) is 3.31. The minimum absolute atomic E-state index is 0.153. The van der Waals surface area contributed by atoms with Gasteiger partial charge in [-0.05, 0) is 47.5 Å². The number of fused-ring (bicyclic) bond motifs is 2. The molecule has 0 saturated carbocycles. The predicted octanol–water partition coefficient (Wildman–Crippen LogP) is 4.97. The number of morpholine rings is 1. The van der Waals surface area contributed by atoms with Gasteiger partial charge in [-0.15, -0.1) is 0 Å². The van der Waals surface area contributed by atoms with Crippen LogP contribution in [-0.4, -0.2) is 57.3 Å². The third-order valence-corrected chi connectivity index (χ3v) is 7.65. The minimum atomic E-state index is -1.14. The number of rotatable bonds is 6. The van der Waals surface area contributed by atoms with Crippen molar-refractivity contribution in [2.24, 2.45) is 0 Å². The van der Waals surface area contributed by atoms with Crippen LogP contribution in [0.5, 0.6) is 11.5 Å². The van der Waals surface area contributed by atoms with Crippen molar-refractivity contribution >= 4 is 17.5 Å². The summed E-state index contributed by atoms with van der Waals surface area (Å²) in [4.78, 5) is 33.3. The second-order valence-corrected chi connectivity index (χ2v) is 10.5. The standard InChI is InChI=1S/C32H28N6O5/c39-30-14-26(37-6-8-42-9-7-37)13-28(36-30)27-3-1-2-21-11-22-12-25(4-5-29(22)43-31(21)27)34-16-20-10-23(17-33-15-20)24-18-35-38(19-24)32(40)41/h1-5,10,12-15,17-19,34H,6-9,11,16H2,(H,36,39)(H,40,41). The lowest BCUT2D eigenvalue weighted by Crippen LogP contribution is -2.36. The normalized spacial score (nSPS) is 14.0. The van der Waals surface area contributed by atoms with Crippen LogP contribution in [0.25, 0.3) is 22.4 Å². The molecule has 1 fully saturated rings. The third kappa shape index (κ3) is 5.45. The average molecular weight is 577 g/mol. The number of benzene rings is 2. The maximum atomic E-state index is 12.6. The van der Waals surface area contributed by atoms with Crippen molar-refractivity contribution < 1.29 is 19.4 Å².